The maximum Gasteiger partial charge on any atom is 0.410 e. The number of cyclic esters (lactones) is 1. The maximum absolute atomic E-state index is 13.9. The molecule has 0 spiro atoms. The molecule has 14 nitrogen and oxygen atoms in total. The van der Waals surface area contributed by atoms with Crippen LogP contribution in [-0.4, -0.2) is 73.8 Å². The van der Waals surface area contributed by atoms with Crippen molar-refractivity contribution < 1.29 is 43.5 Å². The number of amides is 1. The Hall–Kier alpha value is -5.35. The largest absolute Gasteiger partial charge is 0.479 e. The van der Waals surface area contributed by atoms with Gasteiger partial charge in [0.25, 0.3) is 5.56 Å². The van der Waals surface area contributed by atoms with E-state index in [4.69, 9.17) is 29.7 Å². The second kappa shape index (κ2) is 15.5. The molecule has 8 rings (SSSR count). The van der Waals surface area contributed by atoms with E-state index in [1.807, 2.05) is 57.2 Å². The fraction of sp³-hybridized carbons (Fsp3) is 0.405. The standard InChI is InChI=1S/C42H44N4O10S/c1-4-25-28-16-33-37-30(18-46(33)39(48)31(28)20-53-41(25)51)26(27-7-5-6-8-32(27)44-37)11-12-45(21(2)3)42(52)54-19-22-9-10-34(29-15-24(17-43)57-38(22)29)55-36-14-23(47)13-35(56-36)40(49)50/h5-10,15-16,21,23,25,35-36,47H,4,11-14,17-20,43H2,1-3H3,(H,49,50)/t23-,25-,35-,36+/m0/s1. The molecule has 4 N–H and O–H groups in total. The van der Waals surface area contributed by atoms with Crippen molar-refractivity contribution in [3.05, 3.63) is 91.6 Å². The summed E-state index contributed by atoms with van der Waals surface area (Å²) in [5.41, 5.74) is 11.8. The number of thiophene rings is 1. The van der Waals surface area contributed by atoms with Crippen LogP contribution in [0.25, 0.3) is 32.4 Å². The zero-order valence-electron chi connectivity index (χ0n) is 31.9. The van der Waals surface area contributed by atoms with Gasteiger partial charge in [0.15, 0.2) is 6.10 Å². The van der Waals surface area contributed by atoms with Crippen molar-refractivity contribution in [2.75, 3.05) is 6.54 Å². The Morgan fingerprint density at radius 1 is 1.11 bits per heavy atom. The molecular formula is C42H44N4O10S. The minimum atomic E-state index is -1.18. The first-order chi connectivity index (χ1) is 27.4. The number of benzene rings is 2. The molecule has 57 heavy (non-hydrogen) atoms. The zero-order valence-corrected chi connectivity index (χ0v) is 32.7. The number of esters is 1. The molecular weight excluding hydrogens is 753 g/mol. The van der Waals surface area contributed by atoms with E-state index in [9.17, 15) is 29.4 Å². The highest BCUT2D eigenvalue weighted by Crippen LogP contribution is 2.40. The number of aliphatic hydroxyl groups is 1. The Kier molecular flexibility index (Phi) is 10.5. The number of hydrogen-bond donors (Lipinski definition) is 3. The predicted octanol–water partition coefficient (Wildman–Crippen LogP) is 5.57. The van der Waals surface area contributed by atoms with Crippen molar-refractivity contribution in [3.8, 4) is 17.1 Å². The summed E-state index contributed by atoms with van der Waals surface area (Å²) in [4.78, 5) is 59.5. The first kappa shape index (κ1) is 38.5. The summed E-state index contributed by atoms with van der Waals surface area (Å²) < 4.78 is 25.6. The Morgan fingerprint density at radius 3 is 2.67 bits per heavy atom. The first-order valence-corrected chi connectivity index (χ1v) is 20.0. The van der Waals surface area contributed by atoms with Crippen LogP contribution in [0, 0.1) is 0 Å². The molecule has 3 aliphatic heterocycles. The highest BCUT2D eigenvalue weighted by atomic mass is 32.1. The quantitative estimate of drug-likeness (QED) is 0.138. The van der Waals surface area contributed by atoms with Crippen molar-refractivity contribution >= 4 is 50.4 Å². The van der Waals surface area contributed by atoms with E-state index in [2.05, 4.69) is 0 Å². The molecule has 298 valence electrons. The average molecular weight is 797 g/mol. The summed E-state index contributed by atoms with van der Waals surface area (Å²) >= 11 is 1.45. The molecule has 0 bridgehead atoms. The molecule has 1 saturated heterocycles. The van der Waals surface area contributed by atoms with Crippen LogP contribution in [-0.2, 0) is 56.5 Å². The monoisotopic (exact) mass is 796 g/mol. The number of nitrogens with zero attached hydrogens (tertiary/aromatic N) is 3. The number of hydrogen-bond acceptors (Lipinski definition) is 12. The van der Waals surface area contributed by atoms with E-state index in [1.54, 1.807) is 21.6 Å². The number of ether oxygens (including phenoxy) is 4. The number of aliphatic hydroxyl groups excluding tert-OH is 1. The number of nitrogens with two attached hydrogens (primary N) is 1. The molecule has 4 atom stereocenters. The third kappa shape index (κ3) is 7.13. The van der Waals surface area contributed by atoms with E-state index in [-0.39, 0.29) is 50.2 Å². The Labute approximate surface area is 331 Å². The van der Waals surface area contributed by atoms with Crippen molar-refractivity contribution in [1.29, 1.82) is 0 Å². The number of aliphatic carboxylic acids is 1. The highest BCUT2D eigenvalue weighted by Gasteiger charge is 2.36. The molecule has 2 aromatic carbocycles. The van der Waals surface area contributed by atoms with Crippen molar-refractivity contribution in [2.24, 2.45) is 5.73 Å². The van der Waals surface area contributed by atoms with Gasteiger partial charge in [-0.2, -0.15) is 0 Å². The molecule has 15 heteroatoms. The van der Waals surface area contributed by atoms with Crippen LogP contribution in [0.15, 0.2) is 53.3 Å². The van der Waals surface area contributed by atoms with Crippen LogP contribution < -0.4 is 16.0 Å². The van der Waals surface area contributed by atoms with Crippen LogP contribution in [0.4, 0.5) is 4.79 Å². The SMILES string of the molecule is CC[C@@H]1C(=O)OCc2c1cc1n(c2=O)Cc2c-1nc1ccccc1c2CCN(C(=O)OCc1ccc(O[C@H]2C[C@@H](O)C[C@@H](C(=O)O)O2)c2cc(CN)sc12)C(C)C. The van der Waals surface area contributed by atoms with Gasteiger partial charge in [0.05, 0.1) is 41.0 Å². The molecule has 3 aromatic heterocycles. The number of carbonyl (C=O) groups excluding carboxylic acids is 2. The van der Waals surface area contributed by atoms with E-state index in [0.29, 0.717) is 59.6 Å². The summed E-state index contributed by atoms with van der Waals surface area (Å²) in [7, 11) is 0. The lowest BCUT2D eigenvalue weighted by atomic mass is 9.90. The molecule has 6 heterocycles. The number of rotatable bonds is 11. The fourth-order valence-electron chi connectivity index (χ4n) is 8.19. The van der Waals surface area contributed by atoms with Gasteiger partial charge < -0.3 is 44.4 Å². The van der Waals surface area contributed by atoms with Crippen LogP contribution in [0.1, 0.15) is 78.6 Å². The molecule has 1 fully saturated rings. The lowest BCUT2D eigenvalue weighted by Crippen LogP contribution is -2.42. The average Bonchev–Trinajstić information content (AvgIpc) is 3.80. The number of pyridine rings is 2. The van der Waals surface area contributed by atoms with Gasteiger partial charge in [0.1, 0.15) is 19.0 Å². The van der Waals surface area contributed by atoms with Crippen LogP contribution >= 0.6 is 11.3 Å². The smallest absolute Gasteiger partial charge is 0.410 e. The summed E-state index contributed by atoms with van der Waals surface area (Å²) in [5, 5.41) is 21.4. The molecule has 0 saturated carbocycles. The van der Waals surface area contributed by atoms with Crippen molar-refractivity contribution in [1.82, 2.24) is 14.5 Å². The third-order valence-electron chi connectivity index (χ3n) is 11.1. The normalized spacial score (nSPS) is 19.9. The molecule has 0 unspecified atom stereocenters. The van der Waals surface area contributed by atoms with Gasteiger partial charge in [0, 0.05) is 63.4 Å². The van der Waals surface area contributed by atoms with Gasteiger partial charge in [0.2, 0.25) is 6.29 Å². The second-order valence-electron chi connectivity index (χ2n) is 15.0. The molecule has 5 aromatic rings. The van der Waals surface area contributed by atoms with Gasteiger partial charge in [-0.1, -0.05) is 31.2 Å². The zero-order chi connectivity index (χ0) is 40.1. The number of fused-ring (bicyclic) bond motifs is 6. The Balaban J connectivity index is 1.03. The predicted molar refractivity (Wildman–Crippen MR) is 211 cm³/mol. The minimum absolute atomic E-state index is 0.0176. The topological polar surface area (TPSA) is 193 Å². The van der Waals surface area contributed by atoms with Gasteiger partial charge in [-0.25, -0.2) is 14.6 Å². The summed E-state index contributed by atoms with van der Waals surface area (Å²) in [6, 6.07) is 15.0. The summed E-state index contributed by atoms with van der Waals surface area (Å²) in [5.74, 6) is -1.56. The van der Waals surface area contributed by atoms with E-state index in [0.717, 1.165) is 37.2 Å². The van der Waals surface area contributed by atoms with Gasteiger partial charge >= 0.3 is 18.0 Å². The number of aromatic nitrogens is 2. The fourth-order valence-corrected chi connectivity index (χ4v) is 9.24. The number of para-hydroxylation sites is 1. The van der Waals surface area contributed by atoms with E-state index >= 15 is 0 Å². The van der Waals surface area contributed by atoms with Gasteiger partial charge in [-0.3, -0.25) is 9.59 Å². The third-order valence-corrected chi connectivity index (χ3v) is 12.4. The van der Waals surface area contributed by atoms with Crippen molar-refractivity contribution in [3.63, 3.8) is 0 Å². The van der Waals surface area contributed by atoms with Crippen LogP contribution in [0.5, 0.6) is 5.75 Å². The number of carbonyl (C=O) groups is 3. The lowest BCUT2D eigenvalue weighted by molar-refractivity contribution is -0.195. The lowest BCUT2D eigenvalue weighted by Gasteiger charge is -2.31. The summed E-state index contributed by atoms with van der Waals surface area (Å²) in [6.07, 6.45) is -2.42. The molecule has 3 aliphatic rings. The van der Waals surface area contributed by atoms with E-state index < -0.39 is 36.5 Å². The molecule has 0 aliphatic carbocycles. The number of carboxylic acid groups (broad SMARTS) is 1. The van der Waals surface area contributed by atoms with Crippen LogP contribution in [0.2, 0.25) is 0 Å². The van der Waals surface area contributed by atoms with Gasteiger partial charge in [-0.05, 0) is 62.1 Å². The maximum atomic E-state index is 13.9. The Bertz CT molecular complexity index is 2480. The minimum Gasteiger partial charge on any atom is -0.479 e. The highest BCUT2D eigenvalue weighted by molar-refractivity contribution is 7.19. The number of carboxylic acids is 1. The van der Waals surface area contributed by atoms with Gasteiger partial charge in [-0.15, -0.1) is 11.3 Å². The first-order valence-electron chi connectivity index (χ1n) is 19.2. The Morgan fingerprint density at radius 2 is 1.91 bits per heavy atom. The summed E-state index contributed by atoms with van der Waals surface area (Å²) in [6.45, 7) is 6.62. The van der Waals surface area contributed by atoms with Crippen molar-refractivity contribution in [2.45, 2.75) is 103 Å². The van der Waals surface area contributed by atoms with Crippen LogP contribution in [0.3, 0.4) is 0 Å². The molecule has 0 radical (unpaired) electrons. The van der Waals surface area contributed by atoms with E-state index in [1.165, 1.54) is 11.3 Å². The second-order valence-corrected chi connectivity index (χ2v) is 16.1. The molecule has 1 amide bonds.